The number of hydrogen-bond donors (Lipinski definition) is 0. The van der Waals surface area contributed by atoms with Crippen LogP contribution in [0.15, 0.2) is 18.5 Å². The van der Waals surface area contributed by atoms with Crippen molar-refractivity contribution in [2.75, 3.05) is 0 Å². The summed E-state index contributed by atoms with van der Waals surface area (Å²) < 4.78 is 23.6. The van der Waals surface area contributed by atoms with Gasteiger partial charge in [0.15, 0.2) is 0 Å². The van der Waals surface area contributed by atoms with Gasteiger partial charge in [-0.15, -0.1) is 0 Å². The van der Waals surface area contributed by atoms with Crippen LogP contribution < -0.4 is 0 Å². The molecule has 0 amide bonds. The van der Waals surface area contributed by atoms with Crippen molar-refractivity contribution in [2.24, 2.45) is 6.98 Å². The van der Waals surface area contributed by atoms with Gasteiger partial charge in [-0.1, -0.05) is 0 Å². The number of pyridine rings is 1. The maximum absolute atomic E-state index is 10.6. The first-order valence-corrected chi connectivity index (χ1v) is 4.70. The lowest BCUT2D eigenvalue weighted by Crippen LogP contribution is -1.91. The number of nitro groups is 1. The van der Waals surface area contributed by atoms with Gasteiger partial charge < -0.3 is 4.57 Å². The Morgan fingerprint density at radius 3 is 3.21 bits per heavy atom. The average molecular weight is 306 g/mol. The Bertz CT molecular complexity index is 608. The Morgan fingerprint density at radius 1 is 1.79 bits per heavy atom. The molecule has 0 saturated heterocycles. The summed E-state index contributed by atoms with van der Waals surface area (Å²) in [7, 11) is 0. The predicted molar refractivity (Wildman–Crippen MR) is 60.1 cm³/mol. The van der Waals surface area contributed by atoms with Crippen LogP contribution in [0.25, 0.3) is 11.0 Å². The van der Waals surface area contributed by atoms with Crippen molar-refractivity contribution < 1.29 is 9.04 Å². The van der Waals surface area contributed by atoms with E-state index in [1.807, 2.05) is 22.6 Å². The average Bonchev–Trinajstić information content (AvgIpc) is 2.55. The number of nitrogens with zero attached hydrogens (tertiary/aromatic N) is 3. The standard InChI is InChI=1S/C8H6IN3O2/c1-11-4-7(9)6-2-5(12(13)14)3-10-8(6)11/h2-4H,1H3/i1D3. The molecule has 0 saturated carbocycles. The molecule has 0 spiro atoms. The Balaban J connectivity index is 2.74. The van der Waals surface area contributed by atoms with Crippen molar-refractivity contribution in [1.29, 1.82) is 0 Å². The fourth-order valence-electron chi connectivity index (χ4n) is 1.16. The van der Waals surface area contributed by atoms with Crippen LogP contribution in [0.4, 0.5) is 5.69 Å². The minimum absolute atomic E-state index is 0.154. The molecule has 0 atom stereocenters. The lowest BCUT2D eigenvalue weighted by atomic mass is 10.3. The summed E-state index contributed by atoms with van der Waals surface area (Å²) in [5.74, 6) is 0. The van der Waals surface area contributed by atoms with E-state index < -0.39 is 11.9 Å². The third kappa shape index (κ3) is 1.35. The number of aromatic nitrogens is 2. The van der Waals surface area contributed by atoms with Crippen LogP contribution in [0.2, 0.25) is 0 Å². The molecule has 5 nitrogen and oxygen atoms in total. The number of fused-ring (bicyclic) bond motifs is 1. The molecule has 0 aliphatic rings. The second kappa shape index (κ2) is 3.19. The van der Waals surface area contributed by atoms with Crippen molar-refractivity contribution in [3.63, 3.8) is 0 Å². The van der Waals surface area contributed by atoms with Crippen molar-refractivity contribution in [3.05, 3.63) is 32.1 Å². The maximum atomic E-state index is 10.6. The quantitative estimate of drug-likeness (QED) is 0.460. The van der Waals surface area contributed by atoms with E-state index in [0.29, 0.717) is 8.96 Å². The second-order valence-electron chi connectivity index (χ2n) is 2.67. The van der Waals surface area contributed by atoms with Crippen LogP contribution in [0, 0.1) is 13.7 Å². The molecule has 2 heterocycles. The van der Waals surface area contributed by atoms with E-state index in [9.17, 15) is 10.1 Å². The summed E-state index contributed by atoms with van der Waals surface area (Å²) in [6.45, 7) is -2.34. The van der Waals surface area contributed by atoms with Crippen molar-refractivity contribution in [1.82, 2.24) is 9.55 Å². The van der Waals surface area contributed by atoms with Crippen LogP contribution in [-0.4, -0.2) is 14.5 Å². The molecule has 0 fully saturated rings. The third-order valence-corrected chi connectivity index (χ3v) is 2.65. The highest BCUT2D eigenvalue weighted by Gasteiger charge is 2.11. The van der Waals surface area contributed by atoms with E-state index in [1.165, 1.54) is 12.3 Å². The minimum atomic E-state index is -2.34. The fourth-order valence-corrected chi connectivity index (χ4v) is 1.83. The van der Waals surface area contributed by atoms with Gasteiger partial charge in [0.2, 0.25) is 0 Å². The highest BCUT2D eigenvalue weighted by atomic mass is 127. The van der Waals surface area contributed by atoms with E-state index in [4.69, 9.17) is 4.11 Å². The predicted octanol–water partition coefficient (Wildman–Crippen LogP) is 2.09. The smallest absolute Gasteiger partial charge is 0.288 e. The molecule has 0 bridgehead atoms. The largest absolute Gasteiger partial charge is 0.334 e. The number of halogens is 1. The van der Waals surface area contributed by atoms with Gasteiger partial charge in [0, 0.05) is 32.3 Å². The Hall–Kier alpha value is -1.18. The van der Waals surface area contributed by atoms with Gasteiger partial charge in [0.1, 0.15) is 11.8 Å². The van der Waals surface area contributed by atoms with E-state index in [0.717, 1.165) is 10.8 Å². The molecule has 2 aromatic heterocycles. The SMILES string of the molecule is [2H]C([2H])([2H])n1cc(I)c2cc([N+](=O)[O-])cnc21. The summed E-state index contributed by atoms with van der Waals surface area (Å²) in [6, 6.07) is 1.33. The van der Waals surface area contributed by atoms with Crippen LogP contribution in [0.5, 0.6) is 0 Å². The molecule has 72 valence electrons. The molecule has 2 rings (SSSR count). The maximum Gasteiger partial charge on any atom is 0.288 e. The molecule has 0 N–H and O–H groups in total. The summed E-state index contributed by atoms with van der Waals surface area (Å²) in [5, 5.41) is 11.1. The summed E-state index contributed by atoms with van der Waals surface area (Å²) >= 11 is 1.93. The van der Waals surface area contributed by atoms with Crippen LogP contribution in [0.1, 0.15) is 4.11 Å². The molecule has 2 aromatic rings. The van der Waals surface area contributed by atoms with Gasteiger partial charge >= 0.3 is 0 Å². The van der Waals surface area contributed by atoms with E-state index in [-0.39, 0.29) is 11.3 Å². The monoisotopic (exact) mass is 306 g/mol. The van der Waals surface area contributed by atoms with Gasteiger partial charge in [-0.2, -0.15) is 0 Å². The van der Waals surface area contributed by atoms with E-state index in [1.54, 1.807) is 0 Å². The second-order valence-corrected chi connectivity index (χ2v) is 3.83. The molecule has 0 aliphatic heterocycles. The molecular weight excluding hydrogens is 297 g/mol. The van der Waals surface area contributed by atoms with Crippen LogP contribution >= 0.6 is 22.6 Å². The van der Waals surface area contributed by atoms with Crippen molar-refractivity contribution in [2.45, 2.75) is 0 Å². The van der Waals surface area contributed by atoms with E-state index >= 15 is 0 Å². The Kier molecular flexibility index (Phi) is 1.44. The summed E-state index contributed by atoms with van der Waals surface area (Å²) in [5.41, 5.74) is 0.0682. The number of rotatable bonds is 1. The molecule has 0 aromatic carbocycles. The van der Waals surface area contributed by atoms with Crippen LogP contribution in [-0.2, 0) is 6.98 Å². The first-order valence-electron chi connectivity index (χ1n) is 5.12. The highest BCUT2D eigenvalue weighted by Crippen LogP contribution is 2.23. The van der Waals surface area contributed by atoms with Crippen molar-refractivity contribution >= 4 is 39.3 Å². The Morgan fingerprint density at radius 2 is 2.57 bits per heavy atom. The molecule has 14 heavy (non-hydrogen) atoms. The summed E-state index contributed by atoms with van der Waals surface area (Å²) in [6.07, 6.45) is 2.47. The molecular formula is C8H6IN3O2. The lowest BCUT2D eigenvalue weighted by molar-refractivity contribution is -0.385. The van der Waals surface area contributed by atoms with Crippen LogP contribution in [0.3, 0.4) is 0 Å². The fraction of sp³-hybridized carbons (Fsp3) is 0.125. The third-order valence-electron chi connectivity index (χ3n) is 1.79. The first-order chi connectivity index (χ1) is 7.80. The molecule has 0 radical (unpaired) electrons. The van der Waals surface area contributed by atoms with Gasteiger partial charge in [0.25, 0.3) is 5.69 Å². The van der Waals surface area contributed by atoms with Gasteiger partial charge in [0.05, 0.1) is 4.92 Å². The molecule has 0 unspecified atom stereocenters. The Labute approximate surface area is 97.2 Å². The topological polar surface area (TPSA) is 61.0 Å². The molecule has 6 heteroatoms. The van der Waals surface area contributed by atoms with E-state index in [2.05, 4.69) is 4.98 Å². The lowest BCUT2D eigenvalue weighted by Gasteiger charge is -1.94. The summed E-state index contributed by atoms with van der Waals surface area (Å²) in [4.78, 5) is 13.9. The van der Waals surface area contributed by atoms with Crippen molar-refractivity contribution in [3.8, 4) is 0 Å². The molecule has 0 aliphatic carbocycles. The zero-order valence-corrected chi connectivity index (χ0v) is 8.93. The zero-order chi connectivity index (χ0) is 12.8. The normalized spacial score (nSPS) is 14.8. The number of hydrogen-bond acceptors (Lipinski definition) is 3. The number of aryl methyl sites for hydroxylation is 1. The zero-order valence-electron chi connectivity index (χ0n) is 9.77. The minimum Gasteiger partial charge on any atom is -0.334 e. The highest BCUT2D eigenvalue weighted by molar-refractivity contribution is 14.1. The first kappa shape index (κ1) is 6.33. The van der Waals surface area contributed by atoms with Gasteiger partial charge in [-0.25, -0.2) is 4.98 Å². The van der Waals surface area contributed by atoms with Gasteiger partial charge in [-0.05, 0) is 22.6 Å². The van der Waals surface area contributed by atoms with Gasteiger partial charge in [-0.3, -0.25) is 10.1 Å².